The SMILES string of the molecule is CCCOc1ccccc1/C=C(\C#N)C(N)=O. The maximum atomic E-state index is 11.0. The van der Waals surface area contributed by atoms with Crippen LogP contribution in [0.3, 0.4) is 0 Å². The van der Waals surface area contributed by atoms with E-state index in [2.05, 4.69) is 0 Å². The second-order valence-corrected chi connectivity index (χ2v) is 3.42. The molecule has 4 heteroatoms. The summed E-state index contributed by atoms with van der Waals surface area (Å²) in [6.07, 6.45) is 2.33. The fourth-order valence-corrected chi connectivity index (χ4v) is 1.26. The van der Waals surface area contributed by atoms with Gasteiger partial charge in [0.25, 0.3) is 5.91 Å². The number of ether oxygens (including phenoxy) is 1. The van der Waals surface area contributed by atoms with Crippen molar-refractivity contribution in [3.8, 4) is 11.8 Å². The van der Waals surface area contributed by atoms with Gasteiger partial charge < -0.3 is 10.5 Å². The molecule has 0 heterocycles. The molecule has 0 aliphatic rings. The number of hydrogen-bond acceptors (Lipinski definition) is 3. The van der Waals surface area contributed by atoms with E-state index in [1.54, 1.807) is 24.3 Å². The van der Waals surface area contributed by atoms with E-state index in [0.29, 0.717) is 17.9 Å². The second kappa shape index (κ2) is 6.33. The molecule has 0 aliphatic heterocycles. The molecule has 0 unspecified atom stereocenters. The van der Waals surface area contributed by atoms with E-state index in [1.165, 1.54) is 6.08 Å². The Labute approximate surface area is 100 Å². The molecule has 0 saturated carbocycles. The summed E-state index contributed by atoms with van der Waals surface area (Å²) in [5, 5.41) is 8.76. The first-order valence-corrected chi connectivity index (χ1v) is 5.32. The van der Waals surface area contributed by atoms with Crippen molar-refractivity contribution in [2.75, 3.05) is 6.61 Å². The molecule has 1 aromatic rings. The molecule has 0 atom stereocenters. The minimum absolute atomic E-state index is 0.0856. The van der Waals surface area contributed by atoms with Gasteiger partial charge in [0.1, 0.15) is 17.4 Å². The number of carbonyl (C=O) groups is 1. The van der Waals surface area contributed by atoms with E-state index < -0.39 is 5.91 Å². The van der Waals surface area contributed by atoms with Gasteiger partial charge in [0, 0.05) is 5.56 Å². The third-order valence-corrected chi connectivity index (χ3v) is 2.07. The first kappa shape index (κ1) is 12.8. The highest BCUT2D eigenvalue weighted by molar-refractivity contribution is 6.00. The Morgan fingerprint density at radius 3 is 2.82 bits per heavy atom. The van der Waals surface area contributed by atoms with Crippen LogP contribution >= 0.6 is 0 Å². The van der Waals surface area contributed by atoms with Crippen molar-refractivity contribution in [3.05, 3.63) is 35.4 Å². The minimum atomic E-state index is -0.738. The van der Waals surface area contributed by atoms with Crippen LogP contribution in [0.2, 0.25) is 0 Å². The third kappa shape index (κ3) is 3.65. The predicted octanol–water partition coefficient (Wildman–Crippen LogP) is 1.87. The van der Waals surface area contributed by atoms with Crippen LogP contribution in [0.25, 0.3) is 6.08 Å². The standard InChI is InChI=1S/C13H14N2O2/c1-2-7-17-12-6-4-3-5-10(12)8-11(9-14)13(15)16/h3-6,8H,2,7H2,1H3,(H2,15,16)/b11-8+. The van der Waals surface area contributed by atoms with Gasteiger partial charge in [0.05, 0.1) is 6.61 Å². The van der Waals surface area contributed by atoms with Crippen LogP contribution in [0.1, 0.15) is 18.9 Å². The molecule has 1 aromatic carbocycles. The summed E-state index contributed by atoms with van der Waals surface area (Å²) in [6, 6.07) is 8.96. The molecule has 4 nitrogen and oxygen atoms in total. The van der Waals surface area contributed by atoms with Crippen molar-refractivity contribution >= 4 is 12.0 Å². The minimum Gasteiger partial charge on any atom is -0.493 e. The fourth-order valence-electron chi connectivity index (χ4n) is 1.26. The van der Waals surface area contributed by atoms with E-state index in [0.717, 1.165) is 6.42 Å². The lowest BCUT2D eigenvalue weighted by molar-refractivity contribution is -0.114. The summed E-state index contributed by atoms with van der Waals surface area (Å²) in [6.45, 7) is 2.59. The number of primary amides is 1. The normalized spacial score (nSPS) is 10.7. The first-order valence-electron chi connectivity index (χ1n) is 5.32. The van der Waals surface area contributed by atoms with Gasteiger partial charge in [-0.3, -0.25) is 4.79 Å². The van der Waals surface area contributed by atoms with Gasteiger partial charge in [-0.15, -0.1) is 0 Å². The average molecular weight is 230 g/mol. The molecule has 2 N–H and O–H groups in total. The van der Waals surface area contributed by atoms with Crippen molar-refractivity contribution < 1.29 is 9.53 Å². The smallest absolute Gasteiger partial charge is 0.259 e. The van der Waals surface area contributed by atoms with Crippen molar-refractivity contribution in [2.24, 2.45) is 5.73 Å². The highest BCUT2D eigenvalue weighted by Crippen LogP contribution is 2.20. The number of nitrogens with two attached hydrogens (primary N) is 1. The molecule has 0 aromatic heterocycles. The summed E-state index contributed by atoms with van der Waals surface area (Å²) >= 11 is 0. The zero-order chi connectivity index (χ0) is 12.7. The van der Waals surface area contributed by atoms with Gasteiger partial charge in [0.15, 0.2) is 0 Å². The van der Waals surface area contributed by atoms with E-state index in [-0.39, 0.29) is 5.57 Å². The molecule has 1 amide bonds. The molecule has 88 valence electrons. The average Bonchev–Trinajstić information content (AvgIpc) is 2.34. The van der Waals surface area contributed by atoms with Gasteiger partial charge in [-0.1, -0.05) is 25.1 Å². The van der Waals surface area contributed by atoms with Crippen LogP contribution in [-0.4, -0.2) is 12.5 Å². The fraction of sp³-hybridized carbons (Fsp3) is 0.231. The lowest BCUT2D eigenvalue weighted by Gasteiger charge is -2.07. The highest BCUT2D eigenvalue weighted by Gasteiger charge is 2.06. The molecule has 0 fully saturated rings. The Kier molecular flexibility index (Phi) is 4.77. The first-order chi connectivity index (χ1) is 8.19. The molecule has 17 heavy (non-hydrogen) atoms. The third-order valence-electron chi connectivity index (χ3n) is 2.07. The molecule has 0 radical (unpaired) electrons. The van der Waals surface area contributed by atoms with Crippen molar-refractivity contribution in [3.63, 3.8) is 0 Å². The van der Waals surface area contributed by atoms with Gasteiger partial charge in [0.2, 0.25) is 0 Å². The van der Waals surface area contributed by atoms with Gasteiger partial charge >= 0.3 is 0 Å². The molecule has 0 bridgehead atoms. The van der Waals surface area contributed by atoms with Crippen LogP contribution in [-0.2, 0) is 4.79 Å². The highest BCUT2D eigenvalue weighted by atomic mass is 16.5. The van der Waals surface area contributed by atoms with E-state index in [9.17, 15) is 4.79 Å². The van der Waals surface area contributed by atoms with Crippen LogP contribution in [0.15, 0.2) is 29.8 Å². The number of para-hydroxylation sites is 1. The van der Waals surface area contributed by atoms with Crippen LogP contribution in [0.4, 0.5) is 0 Å². The van der Waals surface area contributed by atoms with Gasteiger partial charge in [-0.2, -0.15) is 5.26 Å². The number of hydrogen-bond donors (Lipinski definition) is 1. The molecular formula is C13H14N2O2. The Morgan fingerprint density at radius 2 is 2.24 bits per heavy atom. The maximum Gasteiger partial charge on any atom is 0.259 e. The Morgan fingerprint density at radius 1 is 1.53 bits per heavy atom. The Balaban J connectivity index is 3.05. The number of carbonyl (C=O) groups excluding carboxylic acids is 1. The number of rotatable bonds is 5. The molecule has 0 spiro atoms. The molecule has 1 rings (SSSR count). The number of nitriles is 1. The molecule has 0 aliphatic carbocycles. The lowest BCUT2D eigenvalue weighted by atomic mass is 10.1. The predicted molar refractivity (Wildman–Crippen MR) is 65.0 cm³/mol. The van der Waals surface area contributed by atoms with Crippen LogP contribution in [0.5, 0.6) is 5.75 Å². The summed E-state index contributed by atoms with van der Waals surface area (Å²) < 4.78 is 5.51. The quantitative estimate of drug-likeness (QED) is 0.619. The van der Waals surface area contributed by atoms with E-state index >= 15 is 0 Å². The van der Waals surface area contributed by atoms with E-state index in [4.69, 9.17) is 15.7 Å². The second-order valence-electron chi connectivity index (χ2n) is 3.42. The summed E-state index contributed by atoms with van der Waals surface area (Å²) in [5.41, 5.74) is 5.67. The monoisotopic (exact) mass is 230 g/mol. The summed E-state index contributed by atoms with van der Waals surface area (Å²) in [4.78, 5) is 11.0. The zero-order valence-corrected chi connectivity index (χ0v) is 9.64. The zero-order valence-electron chi connectivity index (χ0n) is 9.64. The lowest BCUT2D eigenvalue weighted by Crippen LogP contribution is -2.12. The van der Waals surface area contributed by atoms with Gasteiger partial charge in [-0.05, 0) is 18.6 Å². The topological polar surface area (TPSA) is 76.1 Å². The summed E-state index contributed by atoms with van der Waals surface area (Å²) in [5.74, 6) is -0.0962. The van der Waals surface area contributed by atoms with Crippen molar-refractivity contribution in [1.82, 2.24) is 0 Å². The number of benzene rings is 1. The largest absolute Gasteiger partial charge is 0.493 e. The summed E-state index contributed by atoms with van der Waals surface area (Å²) in [7, 11) is 0. The van der Waals surface area contributed by atoms with E-state index in [1.807, 2.05) is 13.0 Å². The van der Waals surface area contributed by atoms with Crippen LogP contribution < -0.4 is 10.5 Å². The van der Waals surface area contributed by atoms with Crippen molar-refractivity contribution in [2.45, 2.75) is 13.3 Å². The number of amides is 1. The molecule has 0 saturated heterocycles. The Bertz CT molecular complexity index is 473. The maximum absolute atomic E-state index is 11.0. The molecular weight excluding hydrogens is 216 g/mol. The van der Waals surface area contributed by atoms with Crippen LogP contribution in [0, 0.1) is 11.3 Å². The van der Waals surface area contributed by atoms with Gasteiger partial charge in [-0.25, -0.2) is 0 Å². The number of nitrogens with zero attached hydrogens (tertiary/aromatic N) is 1. The Hall–Kier alpha value is -2.28. The van der Waals surface area contributed by atoms with Crippen molar-refractivity contribution in [1.29, 1.82) is 5.26 Å².